The van der Waals surface area contributed by atoms with Gasteiger partial charge in [0, 0.05) is 17.3 Å². The second-order valence-electron chi connectivity index (χ2n) is 8.93. The fourth-order valence-corrected chi connectivity index (χ4v) is 5.50. The fourth-order valence-electron chi connectivity index (χ4n) is 3.62. The molecule has 0 saturated carbocycles. The van der Waals surface area contributed by atoms with Crippen LogP contribution in [0.15, 0.2) is 41.3 Å². The molecule has 0 spiro atoms. The van der Waals surface area contributed by atoms with Gasteiger partial charge in [-0.2, -0.15) is 5.09 Å². The summed E-state index contributed by atoms with van der Waals surface area (Å²) in [6.07, 6.45) is -1.09. The lowest BCUT2D eigenvalue weighted by molar-refractivity contribution is -0.145. The number of aliphatic hydroxyl groups excluding tert-OH is 1. The molecule has 15 heteroatoms. The molecule has 2 heterocycles. The Morgan fingerprint density at radius 3 is 2.68 bits per heavy atom. The van der Waals surface area contributed by atoms with Crippen molar-refractivity contribution < 1.29 is 38.1 Å². The van der Waals surface area contributed by atoms with Gasteiger partial charge in [0.1, 0.15) is 29.6 Å². The van der Waals surface area contributed by atoms with Gasteiger partial charge in [-0.25, -0.2) is 4.57 Å². The summed E-state index contributed by atoms with van der Waals surface area (Å²) in [7, 11) is -4.28. The fraction of sp³-hybridized carbons (Fsp3) is 0.522. The summed E-state index contributed by atoms with van der Waals surface area (Å²) < 4.78 is 37.1. The first-order chi connectivity index (χ1) is 17.9. The summed E-state index contributed by atoms with van der Waals surface area (Å²) in [5.74, 6) is -0.524. The number of nitrogens with one attached hydrogen (secondary N) is 2. The van der Waals surface area contributed by atoms with Crippen molar-refractivity contribution in [2.75, 3.05) is 13.2 Å². The highest BCUT2D eigenvalue weighted by Gasteiger charge is 2.53. The smallest absolute Gasteiger partial charge is 0.459 e. The molecule has 12 nitrogen and oxygen atoms in total. The molecule has 2 unspecified atom stereocenters. The number of unbranched alkanes of at least 4 members (excludes halogenated alkanes) is 1. The van der Waals surface area contributed by atoms with E-state index < -0.39 is 56.0 Å². The van der Waals surface area contributed by atoms with Gasteiger partial charge in [0.15, 0.2) is 11.0 Å². The zero-order valence-electron chi connectivity index (χ0n) is 21.0. The molecule has 1 aromatic carbocycles. The van der Waals surface area contributed by atoms with E-state index in [9.17, 15) is 24.4 Å². The van der Waals surface area contributed by atoms with Gasteiger partial charge in [-0.3, -0.25) is 23.7 Å². The van der Waals surface area contributed by atoms with Crippen LogP contribution in [0.2, 0.25) is 5.02 Å². The third-order valence-electron chi connectivity index (χ3n) is 5.75. The molecule has 1 aromatic heterocycles. The maximum absolute atomic E-state index is 13.7. The zero-order valence-corrected chi connectivity index (χ0v) is 23.5. The minimum atomic E-state index is -4.28. The highest BCUT2D eigenvalue weighted by molar-refractivity contribution is 7.71. The number of H-pyrrole nitrogens is 1. The standard InChI is InChI=1S/C23H31ClN3O9PS/c1-4-5-12-33-20(30)14(2)26-37(32,36-16-8-6-15(24)7-9-16)34-13-17-19(29)23(3,31)21(35-17)27-11-10-18(28)25-22(27)38/h6-11,14,17,19,21,29,31H,4-5,12-13H2,1-3H3,(H,26,32)(H,25,28,38)/t14-,17+,19?,21+,23+,37?/m0/s1. The molecular weight excluding hydrogens is 561 g/mol. The number of hydrogen-bond acceptors (Lipinski definition) is 10. The lowest BCUT2D eigenvalue weighted by Gasteiger charge is -2.28. The SMILES string of the molecule is CCCCOC(=O)[C@H](C)NP(=O)(OC[C@H]1O[C@@H](n2ccc(=O)[nH]c2=S)[C@](C)(O)C1O)Oc1ccc(Cl)cc1. The van der Waals surface area contributed by atoms with Crippen molar-refractivity contribution in [1.82, 2.24) is 14.6 Å². The molecule has 1 fully saturated rings. The highest BCUT2D eigenvalue weighted by atomic mass is 35.5. The Labute approximate surface area is 229 Å². The van der Waals surface area contributed by atoms with Crippen LogP contribution in [0, 0.1) is 4.77 Å². The number of halogens is 1. The van der Waals surface area contributed by atoms with E-state index in [1.165, 1.54) is 54.9 Å². The molecule has 0 bridgehead atoms. The molecule has 2 aromatic rings. The van der Waals surface area contributed by atoms with Gasteiger partial charge >= 0.3 is 13.7 Å². The molecule has 0 aliphatic carbocycles. The van der Waals surface area contributed by atoms with Crippen molar-refractivity contribution in [1.29, 1.82) is 0 Å². The molecule has 38 heavy (non-hydrogen) atoms. The number of carbonyl (C=O) groups is 1. The maximum Gasteiger partial charge on any atom is 0.459 e. The van der Waals surface area contributed by atoms with E-state index in [0.29, 0.717) is 11.4 Å². The van der Waals surface area contributed by atoms with E-state index >= 15 is 0 Å². The molecule has 0 amide bonds. The summed E-state index contributed by atoms with van der Waals surface area (Å²) in [6.45, 7) is 4.40. The van der Waals surface area contributed by atoms with Crippen LogP contribution in [0.1, 0.15) is 39.8 Å². The van der Waals surface area contributed by atoms with Gasteiger partial charge in [0.25, 0.3) is 5.56 Å². The number of hydrogen-bond donors (Lipinski definition) is 4. The van der Waals surface area contributed by atoms with Crippen LogP contribution in [0.25, 0.3) is 0 Å². The number of ether oxygens (including phenoxy) is 2. The van der Waals surface area contributed by atoms with E-state index in [-0.39, 0.29) is 17.1 Å². The lowest BCUT2D eigenvalue weighted by atomic mass is 9.96. The Hall–Kier alpha value is -2.09. The number of aliphatic hydroxyl groups is 2. The van der Waals surface area contributed by atoms with Crippen molar-refractivity contribution in [3.63, 3.8) is 0 Å². The number of aromatic amines is 1. The predicted molar refractivity (Wildman–Crippen MR) is 141 cm³/mol. The topological polar surface area (TPSA) is 161 Å². The molecule has 1 saturated heterocycles. The normalized spacial score (nSPS) is 25.5. The van der Waals surface area contributed by atoms with Crippen LogP contribution in [0.4, 0.5) is 0 Å². The lowest BCUT2D eigenvalue weighted by Crippen LogP contribution is -2.45. The molecule has 0 radical (unpaired) electrons. The van der Waals surface area contributed by atoms with Gasteiger partial charge in [-0.05, 0) is 56.8 Å². The van der Waals surface area contributed by atoms with E-state index in [2.05, 4.69) is 10.1 Å². The number of benzene rings is 1. The largest absolute Gasteiger partial charge is 0.465 e. The first kappa shape index (κ1) is 30.5. The minimum absolute atomic E-state index is 0.0367. The molecule has 1 aliphatic rings. The Balaban J connectivity index is 1.78. The molecule has 3 rings (SSSR count). The summed E-state index contributed by atoms with van der Waals surface area (Å²) in [5.41, 5.74) is -2.31. The molecular formula is C23H31ClN3O9PS. The van der Waals surface area contributed by atoms with Crippen molar-refractivity contribution >= 4 is 37.5 Å². The molecule has 4 N–H and O–H groups in total. The van der Waals surface area contributed by atoms with Crippen molar-refractivity contribution in [3.8, 4) is 5.75 Å². The van der Waals surface area contributed by atoms with E-state index in [1.807, 2.05) is 6.92 Å². The van der Waals surface area contributed by atoms with Crippen molar-refractivity contribution in [2.45, 2.75) is 63.7 Å². The third kappa shape index (κ3) is 7.51. The Morgan fingerprint density at radius 1 is 1.37 bits per heavy atom. The van der Waals surface area contributed by atoms with Crippen LogP contribution in [-0.4, -0.2) is 62.8 Å². The van der Waals surface area contributed by atoms with Gasteiger partial charge in [0.05, 0.1) is 13.2 Å². The quantitative estimate of drug-likeness (QED) is 0.124. The first-order valence-corrected chi connectivity index (χ1v) is 14.2. The molecule has 1 aliphatic heterocycles. The second kappa shape index (κ2) is 12.8. The van der Waals surface area contributed by atoms with Gasteiger partial charge < -0.3 is 24.2 Å². The van der Waals surface area contributed by atoms with Crippen LogP contribution < -0.4 is 15.2 Å². The molecule has 210 valence electrons. The van der Waals surface area contributed by atoms with E-state index in [0.717, 1.165) is 6.42 Å². The van der Waals surface area contributed by atoms with Crippen LogP contribution in [0.5, 0.6) is 5.75 Å². The van der Waals surface area contributed by atoms with Crippen LogP contribution in [0.3, 0.4) is 0 Å². The second-order valence-corrected chi connectivity index (χ2v) is 11.4. The Morgan fingerprint density at radius 2 is 2.05 bits per heavy atom. The highest BCUT2D eigenvalue weighted by Crippen LogP contribution is 2.47. The van der Waals surface area contributed by atoms with Crippen LogP contribution in [-0.2, 0) is 23.4 Å². The number of esters is 1. The maximum atomic E-state index is 13.7. The van der Waals surface area contributed by atoms with Crippen molar-refractivity contribution in [3.05, 3.63) is 56.7 Å². The third-order valence-corrected chi connectivity index (χ3v) is 7.96. The average Bonchev–Trinajstić information content (AvgIpc) is 3.08. The number of nitrogens with zero attached hydrogens (tertiary/aromatic N) is 1. The first-order valence-electron chi connectivity index (χ1n) is 11.9. The summed E-state index contributed by atoms with van der Waals surface area (Å²) in [5, 5.41) is 24.7. The van der Waals surface area contributed by atoms with Crippen LogP contribution >= 0.6 is 31.6 Å². The number of aromatic nitrogens is 2. The Bertz CT molecular complexity index is 1270. The summed E-state index contributed by atoms with van der Waals surface area (Å²) >= 11 is 11.1. The van der Waals surface area contributed by atoms with E-state index in [1.54, 1.807) is 0 Å². The predicted octanol–water partition coefficient (Wildman–Crippen LogP) is 3.09. The number of rotatable bonds is 12. The van der Waals surface area contributed by atoms with Gasteiger partial charge in [-0.15, -0.1) is 0 Å². The summed E-state index contributed by atoms with van der Waals surface area (Å²) in [6, 6.07) is 6.07. The number of carbonyl (C=O) groups excluding carboxylic acids is 1. The summed E-state index contributed by atoms with van der Waals surface area (Å²) in [4.78, 5) is 26.3. The van der Waals surface area contributed by atoms with E-state index in [4.69, 9.17) is 42.3 Å². The monoisotopic (exact) mass is 591 g/mol. The molecule has 6 atom stereocenters. The average molecular weight is 592 g/mol. The zero-order chi connectivity index (χ0) is 28.1. The van der Waals surface area contributed by atoms with Gasteiger partial charge in [-0.1, -0.05) is 24.9 Å². The van der Waals surface area contributed by atoms with Gasteiger partial charge in [0.2, 0.25) is 0 Å². The Kier molecular flexibility index (Phi) is 10.3. The minimum Gasteiger partial charge on any atom is -0.465 e. The van der Waals surface area contributed by atoms with Crippen molar-refractivity contribution in [2.24, 2.45) is 0 Å².